The van der Waals surface area contributed by atoms with E-state index in [0.717, 1.165) is 42.5 Å². The Bertz CT molecular complexity index is 1440. The molecule has 0 aromatic heterocycles. The lowest BCUT2D eigenvalue weighted by Crippen LogP contribution is -2.45. The summed E-state index contributed by atoms with van der Waals surface area (Å²) in [6.07, 6.45) is -1.17. The number of anilines is 2. The minimum Gasteiger partial charge on any atom is -0.480 e. The number of alkyl halides is 3. The van der Waals surface area contributed by atoms with Crippen molar-refractivity contribution in [3.05, 3.63) is 83.4 Å². The highest BCUT2D eigenvalue weighted by atomic mass is 19.4. The van der Waals surface area contributed by atoms with Gasteiger partial charge in [-0.25, -0.2) is 9.59 Å². The molecular weight excluding hydrogens is 547 g/mol. The fourth-order valence-electron chi connectivity index (χ4n) is 5.17. The number of carbonyl (C=O) groups excluding carboxylic acids is 2. The normalized spacial score (nSPS) is 16.1. The lowest BCUT2D eigenvalue weighted by molar-refractivity contribution is -0.143. The lowest BCUT2D eigenvalue weighted by Gasteiger charge is -2.26. The highest BCUT2D eigenvalue weighted by Gasteiger charge is 2.30. The zero-order valence-electron chi connectivity index (χ0n) is 23.4. The van der Waals surface area contributed by atoms with Gasteiger partial charge >= 0.3 is 18.2 Å². The molecule has 3 amide bonds. The van der Waals surface area contributed by atoms with Crippen molar-refractivity contribution >= 4 is 29.3 Å². The molecule has 2 unspecified atom stereocenters. The van der Waals surface area contributed by atoms with E-state index in [1.165, 1.54) is 23.3 Å². The quantitative estimate of drug-likeness (QED) is 0.216. The van der Waals surface area contributed by atoms with Gasteiger partial charge in [0.15, 0.2) is 0 Å². The number of hydrogen-bond donors (Lipinski definition) is 4. The van der Waals surface area contributed by atoms with Crippen molar-refractivity contribution < 1.29 is 32.7 Å². The molecule has 3 atom stereocenters. The molecular formula is C32H34F3N3O4. The summed E-state index contributed by atoms with van der Waals surface area (Å²) in [4.78, 5) is 36.5. The highest BCUT2D eigenvalue weighted by Crippen LogP contribution is 2.32. The van der Waals surface area contributed by atoms with Crippen LogP contribution < -0.4 is 16.0 Å². The number of nitrogens with one attached hydrogen (secondary N) is 3. The highest BCUT2D eigenvalue weighted by molar-refractivity contribution is 6.00. The van der Waals surface area contributed by atoms with Crippen molar-refractivity contribution in [2.24, 2.45) is 11.8 Å². The number of hydrogen-bond acceptors (Lipinski definition) is 3. The number of benzene rings is 3. The van der Waals surface area contributed by atoms with Crippen molar-refractivity contribution in [3.8, 4) is 11.1 Å². The number of carbonyl (C=O) groups is 3. The van der Waals surface area contributed by atoms with Gasteiger partial charge in [-0.15, -0.1) is 0 Å². The Balaban J connectivity index is 1.33. The number of carboxylic acids is 1. The fourth-order valence-corrected chi connectivity index (χ4v) is 5.17. The standard InChI is InChI=1S/C32H34F3N3O4/c1-3-19(2)29(30(40)41)38-28(39)16-20-7-8-24-17-23(10-9-22(24)15-20)21-11-13-26(14-12-21)36-31(42)37-27-6-4-5-25(18-27)32(33,34)35/h4-6,9-14,17-20,29H,3,7-8,15-16H2,1-2H3,(H,38,39)(H,40,41)(H2,36,37,42)/t19-,20?,29?/m0/s1. The first kappa shape index (κ1) is 30.6. The van der Waals surface area contributed by atoms with Crippen LogP contribution in [0.15, 0.2) is 66.7 Å². The van der Waals surface area contributed by atoms with Crippen LogP contribution in [-0.2, 0) is 28.6 Å². The molecule has 1 aliphatic rings. The molecule has 10 heteroatoms. The van der Waals surface area contributed by atoms with Gasteiger partial charge in [-0.1, -0.05) is 56.7 Å². The topological polar surface area (TPSA) is 108 Å². The third-order valence-corrected chi connectivity index (χ3v) is 7.73. The maximum Gasteiger partial charge on any atom is 0.416 e. The molecule has 3 aromatic rings. The summed E-state index contributed by atoms with van der Waals surface area (Å²) in [5.74, 6) is -1.25. The molecule has 42 heavy (non-hydrogen) atoms. The second-order valence-electron chi connectivity index (χ2n) is 10.8. The van der Waals surface area contributed by atoms with E-state index in [9.17, 15) is 32.7 Å². The average Bonchev–Trinajstić information content (AvgIpc) is 2.95. The van der Waals surface area contributed by atoms with Crippen molar-refractivity contribution in [1.82, 2.24) is 5.32 Å². The average molecular weight is 582 g/mol. The third kappa shape index (κ3) is 7.90. The zero-order chi connectivity index (χ0) is 30.4. The van der Waals surface area contributed by atoms with Crippen LogP contribution in [0.5, 0.6) is 0 Å². The van der Waals surface area contributed by atoms with Crippen molar-refractivity contribution in [3.63, 3.8) is 0 Å². The Morgan fingerprint density at radius 3 is 2.29 bits per heavy atom. The van der Waals surface area contributed by atoms with Crippen LogP contribution in [0.2, 0.25) is 0 Å². The number of carboxylic acid groups (broad SMARTS) is 1. The molecule has 0 spiro atoms. The molecule has 7 nitrogen and oxygen atoms in total. The zero-order valence-corrected chi connectivity index (χ0v) is 23.4. The minimum atomic E-state index is -4.50. The second-order valence-corrected chi connectivity index (χ2v) is 10.8. The van der Waals surface area contributed by atoms with E-state index in [2.05, 4.69) is 28.1 Å². The number of aliphatic carboxylic acids is 1. The second kappa shape index (κ2) is 13.1. The molecule has 1 aliphatic carbocycles. The monoisotopic (exact) mass is 581 g/mol. The molecule has 222 valence electrons. The molecule has 3 aromatic carbocycles. The van der Waals surface area contributed by atoms with Crippen LogP contribution in [0, 0.1) is 11.8 Å². The van der Waals surface area contributed by atoms with E-state index in [-0.39, 0.29) is 29.9 Å². The fraction of sp³-hybridized carbons (Fsp3) is 0.344. The molecule has 0 heterocycles. The Kier molecular flexibility index (Phi) is 9.55. The summed E-state index contributed by atoms with van der Waals surface area (Å²) in [7, 11) is 0. The molecule has 4 rings (SSSR count). The van der Waals surface area contributed by atoms with Gasteiger partial charge in [-0.3, -0.25) is 4.79 Å². The van der Waals surface area contributed by atoms with Gasteiger partial charge in [0.1, 0.15) is 6.04 Å². The molecule has 0 aliphatic heterocycles. The number of rotatable bonds is 9. The predicted molar refractivity (Wildman–Crippen MR) is 155 cm³/mol. The van der Waals surface area contributed by atoms with Crippen LogP contribution in [0.4, 0.5) is 29.3 Å². The SMILES string of the molecule is CC[C@H](C)C(NC(=O)CC1CCc2cc(-c3ccc(NC(=O)Nc4cccc(C(F)(F)F)c4)cc3)ccc2C1)C(=O)O. The van der Waals surface area contributed by atoms with Crippen LogP contribution in [0.3, 0.4) is 0 Å². The molecule has 4 N–H and O–H groups in total. The van der Waals surface area contributed by atoms with Crippen LogP contribution in [-0.4, -0.2) is 29.1 Å². The smallest absolute Gasteiger partial charge is 0.416 e. The van der Waals surface area contributed by atoms with Gasteiger partial charge in [0.25, 0.3) is 0 Å². The minimum absolute atomic E-state index is 0.0337. The van der Waals surface area contributed by atoms with Gasteiger partial charge in [0, 0.05) is 17.8 Å². The van der Waals surface area contributed by atoms with Crippen LogP contribution in [0.1, 0.15) is 49.8 Å². The van der Waals surface area contributed by atoms with Crippen molar-refractivity contribution in [2.45, 2.75) is 58.2 Å². The van der Waals surface area contributed by atoms with E-state index in [0.29, 0.717) is 12.1 Å². The number of amides is 3. The molecule has 0 saturated heterocycles. The van der Waals surface area contributed by atoms with Crippen LogP contribution >= 0.6 is 0 Å². The number of aryl methyl sites for hydroxylation is 1. The van der Waals surface area contributed by atoms with Gasteiger partial charge < -0.3 is 21.1 Å². The summed E-state index contributed by atoms with van der Waals surface area (Å²) < 4.78 is 38.8. The Morgan fingerprint density at radius 1 is 0.929 bits per heavy atom. The first-order valence-electron chi connectivity index (χ1n) is 13.9. The number of fused-ring (bicyclic) bond motifs is 1. The van der Waals surface area contributed by atoms with Gasteiger partial charge in [-0.05, 0) is 83.7 Å². The van der Waals surface area contributed by atoms with Crippen molar-refractivity contribution in [1.29, 1.82) is 0 Å². The molecule has 0 radical (unpaired) electrons. The summed E-state index contributed by atoms with van der Waals surface area (Å²) in [5, 5.41) is 17.2. The third-order valence-electron chi connectivity index (χ3n) is 7.73. The Hall–Kier alpha value is -4.34. The summed E-state index contributed by atoms with van der Waals surface area (Å²) in [6, 6.07) is 16.2. The van der Waals surface area contributed by atoms with Crippen molar-refractivity contribution in [2.75, 3.05) is 10.6 Å². The maximum atomic E-state index is 12.9. The number of halogens is 3. The molecule has 0 bridgehead atoms. The Morgan fingerprint density at radius 2 is 1.62 bits per heavy atom. The number of urea groups is 1. The largest absolute Gasteiger partial charge is 0.480 e. The summed E-state index contributed by atoms with van der Waals surface area (Å²) in [6.45, 7) is 3.72. The van der Waals surface area contributed by atoms with E-state index in [1.807, 2.05) is 32.0 Å². The van der Waals surface area contributed by atoms with Gasteiger partial charge in [0.2, 0.25) is 5.91 Å². The Labute approximate surface area is 242 Å². The maximum absolute atomic E-state index is 12.9. The van der Waals surface area contributed by atoms with E-state index >= 15 is 0 Å². The first-order chi connectivity index (χ1) is 19.9. The molecule has 0 fully saturated rings. The predicted octanol–water partition coefficient (Wildman–Crippen LogP) is 7.13. The van der Waals surface area contributed by atoms with E-state index in [1.54, 1.807) is 12.1 Å². The summed E-state index contributed by atoms with van der Waals surface area (Å²) in [5.41, 5.74) is 3.99. The molecule has 0 saturated carbocycles. The van der Waals surface area contributed by atoms with Gasteiger partial charge in [0.05, 0.1) is 5.56 Å². The van der Waals surface area contributed by atoms with E-state index in [4.69, 9.17) is 0 Å². The van der Waals surface area contributed by atoms with E-state index < -0.39 is 29.8 Å². The van der Waals surface area contributed by atoms with Gasteiger partial charge in [-0.2, -0.15) is 13.2 Å². The van der Waals surface area contributed by atoms with Crippen LogP contribution in [0.25, 0.3) is 11.1 Å². The summed E-state index contributed by atoms with van der Waals surface area (Å²) >= 11 is 0. The first-order valence-corrected chi connectivity index (χ1v) is 13.9. The lowest BCUT2D eigenvalue weighted by atomic mass is 9.81.